The van der Waals surface area contributed by atoms with Gasteiger partial charge in [-0.2, -0.15) is 0 Å². The third kappa shape index (κ3) is 4.25. The number of rotatable bonds is 2. The number of urea groups is 1. The number of halogens is 2. The second kappa shape index (κ2) is 8.25. The summed E-state index contributed by atoms with van der Waals surface area (Å²) < 4.78 is 19.2. The maximum absolute atomic E-state index is 13.6. The SMILES string of the molecule is O=C1CO[C@H]2CCN(C(=O)N3CCC(Cc4ccc(Cl)c(F)c4)CC3)C[C@H]2N1. The molecule has 3 aliphatic heterocycles. The lowest BCUT2D eigenvalue weighted by molar-refractivity contribution is -0.139. The summed E-state index contributed by atoms with van der Waals surface area (Å²) in [6, 6.07) is 4.89. The van der Waals surface area contributed by atoms with Crippen molar-refractivity contribution in [3.63, 3.8) is 0 Å². The van der Waals surface area contributed by atoms with Gasteiger partial charge >= 0.3 is 6.03 Å². The topological polar surface area (TPSA) is 61.9 Å². The number of nitrogens with one attached hydrogen (secondary N) is 1. The largest absolute Gasteiger partial charge is 0.366 e. The Morgan fingerprint density at radius 2 is 1.96 bits per heavy atom. The number of hydrogen-bond donors (Lipinski definition) is 1. The van der Waals surface area contributed by atoms with Crippen LogP contribution in [0, 0.1) is 11.7 Å². The van der Waals surface area contributed by atoms with E-state index < -0.39 is 0 Å². The monoisotopic (exact) mass is 409 g/mol. The summed E-state index contributed by atoms with van der Waals surface area (Å²) in [5.74, 6) is -0.0645. The first-order valence-electron chi connectivity index (χ1n) is 9.88. The Kier molecular flexibility index (Phi) is 5.73. The zero-order valence-electron chi connectivity index (χ0n) is 15.7. The van der Waals surface area contributed by atoms with Crippen LogP contribution in [0.3, 0.4) is 0 Å². The van der Waals surface area contributed by atoms with Crippen LogP contribution in [0.15, 0.2) is 18.2 Å². The number of likely N-dealkylation sites (tertiary alicyclic amines) is 2. The van der Waals surface area contributed by atoms with E-state index in [0.717, 1.165) is 31.2 Å². The van der Waals surface area contributed by atoms with Crippen LogP contribution in [0.4, 0.5) is 9.18 Å². The van der Waals surface area contributed by atoms with Gasteiger partial charge in [0, 0.05) is 26.2 Å². The van der Waals surface area contributed by atoms with Crippen molar-refractivity contribution in [2.75, 3.05) is 32.8 Å². The molecule has 0 bridgehead atoms. The van der Waals surface area contributed by atoms with Gasteiger partial charge in [-0.3, -0.25) is 4.79 Å². The van der Waals surface area contributed by atoms with Crippen LogP contribution in [0.2, 0.25) is 5.02 Å². The fourth-order valence-electron chi connectivity index (χ4n) is 4.40. The molecule has 2 atom stereocenters. The van der Waals surface area contributed by atoms with Gasteiger partial charge in [0.15, 0.2) is 0 Å². The number of morpholine rings is 1. The fraction of sp³-hybridized carbons (Fsp3) is 0.600. The van der Waals surface area contributed by atoms with Crippen molar-refractivity contribution in [2.45, 2.75) is 37.8 Å². The molecule has 28 heavy (non-hydrogen) atoms. The smallest absolute Gasteiger partial charge is 0.320 e. The predicted octanol–water partition coefficient (Wildman–Crippen LogP) is 2.44. The minimum absolute atomic E-state index is 0.00672. The zero-order valence-corrected chi connectivity index (χ0v) is 16.5. The van der Waals surface area contributed by atoms with Gasteiger partial charge in [-0.25, -0.2) is 9.18 Å². The summed E-state index contributed by atoms with van der Waals surface area (Å²) in [4.78, 5) is 28.1. The van der Waals surface area contributed by atoms with Gasteiger partial charge in [-0.05, 0) is 49.3 Å². The molecule has 152 valence electrons. The lowest BCUT2D eigenvalue weighted by Crippen LogP contribution is -2.62. The highest BCUT2D eigenvalue weighted by Gasteiger charge is 2.37. The second-order valence-corrected chi connectivity index (χ2v) is 8.33. The minimum Gasteiger partial charge on any atom is -0.366 e. The molecule has 0 aliphatic carbocycles. The molecule has 1 N–H and O–H groups in total. The van der Waals surface area contributed by atoms with Crippen LogP contribution in [-0.2, 0) is 16.0 Å². The van der Waals surface area contributed by atoms with E-state index in [1.807, 2.05) is 15.9 Å². The molecular weight excluding hydrogens is 385 g/mol. The van der Waals surface area contributed by atoms with Gasteiger partial charge in [0.05, 0.1) is 17.2 Å². The summed E-state index contributed by atoms with van der Waals surface area (Å²) >= 11 is 5.75. The molecule has 0 spiro atoms. The Hall–Kier alpha value is -1.86. The Balaban J connectivity index is 1.28. The lowest BCUT2D eigenvalue weighted by atomic mass is 9.90. The normalized spacial score (nSPS) is 26.0. The first-order valence-corrected chi connectivity index (χ1v) is 10.3. The number of fused-ring (bicyclic) bond motifs is 1. The van der Waals surface area contributed by atoms with Crippen LogP contribution in [-0.4, -0.2) is 66.7 Å². The number of benzene rings is 1. The van der Waals surface area contributed by atoms with E-state index >= 15 is 0 Å². The van der Waals surface area contributed by atoms with Gasteiger partial charge < -0.3 is 19.9 Å². The molecule has 3 amide bonds. The van der Waals surface area contributed by atoms with Crippen molar-refractivity contribution in [3.8, 4) is 0 Å². The maximum Gasteiger partial charge on any atom is 0.320 e. The third-order valence-corrected chi connectivity index (χ3v) is 6.29. The average molecular weight is 410 g/mol. The molecule has 1 aromatic rings. The number of hydrogen-bond acceptors (Lipinski definition) is 3. The zero-order chi connectivity index (χ0) is 19.7. The Morgan fingerprint density at radius 3 is 2.71 bits per heavy atom. The molecule has 3 saturated heterocycles. The van der Waals surface area contributed by atoms with E-state index in [9.17, 15) is 14.0 Å². The number of carbonyl (C=O) groups is 2. The summed E-state index contributed by atoms with van der Waals surface area (Å²) in [6.45, 7) is 2.67. The third-order valence-electron chi connectivity index (χ3n) is 5.99. The molecule has 0 unspecified atom stereocenters. The lowest BCUT2D eigenvalue weighted by Gasteiger charge is -2.43. The molecule has 0 saturated carbocycles. The first kappa shape index (κ1) is 19.5. The number of carbonyl (C=O) groups excluding carboxylic acids is 2. The molecule has 0 radical (unpaired) electrons. The van der Waals surface area contributed by atoms with Crippen molar-refractivity contribution < 1.29 is 18.7 Å². The van der Waals surface area contributed by atoms with Crippen molar-refractivity contribution in [1.29, 1.82) is 0 Å². The van der Waals surface area contributed by atoms with Crippen molar-refractivity contribution in [2.24, 2.45) is 5.92 Å². The molecule has 8 heteroatoms. The minimum atomic E-state index is -0.381. The highest BCUT2D eigenvalue weighted by atomic mass is 35.5. The highest BCUT2D eigenvalue weighted by molar-refractivity contribution is 6.30. The van der Waals surface area contributed by atoms with Crippen LogP contribution >= 0.6 is 11.6 Å². The van der Waals surface area contributed by atoms with Gasteiger partial charge in [0.25, 0.3) is 0 Å². The van der Waals surface area contributed by atoms with Crippen molar-refractivity contribution in [3.05, 3.63) is 34.6 Å². The van der Waals surface area contributed by atoms with Crippen LogP contribution < -0.4 is 5.32 Å². The Labute approximate surface area is 168 Å². The molecule has 4 rings (SSSR count). The molecule has 0 aromatic heterocycles. The van der Waals surface area contributed by atoms with Crippen LogP contribution in [0.5, 0.6) is 0 Å². The summed E-state index contributed by atoms with van der Waals surface area (Å²) in [7, 11) is 0. The van der Waals surface area contributed by atoms with Gasteiger partial charge in [-0.1, -0.05) is 17.7 Å². The summed E-state index contributed by atoms with van der Waals surface area (Å²) in [5, 5.41) is 3.08. The van der Waals surface area contributed by atoms with E-state index in [1.165, 1.54) is 6.07 Å². The molecular formula is C20H25ClFN3O3. The van der Waals surface area contributed by atoms with E-state index in [2.05, 4.69) is 5.32 Å². The number of piperidine rings is 2. The van der Waals surface area contributed by atoms with Gasteiger partial charge in [-0.15, -0.1) is 0 Å². The van der Waals surface area contributed by atoms with Gasteiger partial charge in [0.2, 0.25) is 5.91 Å². The number of ether oxygens (including phenoxy) is 1. The van der Waals surface area contributed by atoms with Crippen molar-refractivity contribution >= 4 is 23.5 Å². The maximum atomic E-state index is 13.6. The van der Waals surface area contributed by atoms with Crippen LogP contribution in [0.1, 0.15) is 24.8 Å². The fourth-order valence-corrected chi connectivity index (χ4v) is 4.52. The van der Waals surface area contributed by atoms with Crippen molar-refractivity contribution in [1.82, 2.24) is 15.1 Å². The standard InChI is InChI=1S/C20H25ClFN3O3/c21-15-2-1-14(10-16(15)22)9-13-3-6-24(7-4-13)20(27)25-8-5-18-17(11-25)23-19(26)12-28-18/h1-2,10,13,17-18H,3-9,11-12H2,(H,23,26)/t17-,18+/m1/s1. The van der Waals surface area contributed by atoms with Gasteiger partial charge in [0.1, 0.15) is 12.4 Å². The predicted molar refractivity (Wildman–Crippen MR) is 103 cm³/mol. The number of nitrogens with zero attached hydrogens (tertiary/aromatic N) is 2. The Morgan fingerprint density at radius 1 is 1.21 bits per heavy atom. The average Bonchev–Trinajstić information content (AvgIpc) is 2.70. The van der Waals surface area contributed by atoms with E-state index in [1.54, 1.807) is 6.07 Å². The molecule has 3 fully saturated rings. The summed E-state index contributed by atoms with van der Waals surface area (Å²) in [5.41, 5.74) is 0.946. The van der Waals surface area contributed by atoms with E-state index in [-0.39, 0.29) is 41.5 Å². The summed E-state index contributed by atoms with van der Waals surface area (Å²) in [6.07, 6.45) is 3.35. The quantitative estimate of drug-likeness (QED) is 0.816. The van der Waals surface area contributed by atoms with Crippen LogP contribution in [0.25, 0.3) is 0 Å². The first-order chi connectivity index (χ1) is 13.5. The van der Waals surface area contributed by atoms with E-state index in [0.29, 0.717) is 32.1 Å². The Bertz CT molecular complexity index is 754. The molecule has 6 nitrogen and oxygen atoms in total. The number of amides is 3. The second-order valence-electron chi connectivity index (χ2n) is 7.92. The molecule has 3 heterocycles. The highest BCUT2D eigenvalue weighted by Crippen LogP contribution is 2.25. The van der Waals surface area contributed by atoms with E-state index in [4.69, 9.17) is 16.3 Å². The molecule has 1 aromatic carbocycles. The molecule has 3 aliphatic rings.